The number of carbonyl (C=O) groups excluding carboxylic acids is 1. The van der Waals surface area contributed by atoms with Crippen molar-refractivity contribution >= 4 is 5.91 Å². The van der Waals surface area contributed by atoms with Gasteiger partial charge in [0.1, 0.15) is 6.61 Å². The van der Waals surface area contributed by atoms with Crippen molar-refractivity contribution in [2.75, 3.05) is 32.8 Å². The number of alkyl halides is 2. The lowest BCUT2D eigenvalue weighted by molar-refractivity contribution is 0.0707. The summed E-state index contributed by atoms with van der Waals surface area (Å²) in [6.45, 7) is 2.64. The van der Waals surface area contributed by atoms with E-state index in [1.165, 1.54) is 12.3 Å². The number of rotatable bonds is 4. The maximum Gasteiger partial charge on any atom is 0.276 e. The van der Waals surface area contributed by atoms with Crippen LogP contribution in [0.15, 0.2) is 18.3 Å². The zero-order chi connectivity index (χ0) is 16.2. The van der Waals surface area contributed by atoms with Crippen molar-refractivity contribution in [2.24, 2.45) is 11.8 Å². The van der Waals surface area contributed by atoms with Crippen LogP contribution in [-0.2, 0) is 0 Å². The smallest absolute Gasteiger partial charge is 0.276 e. The van der Waals surface area contributed by atoms with Crippen LogP contribution in [0.4, 0.5) is 8.78 Å². The number of fused-ring (bicyclic) bond motifs is 1. The fraction of sp³-hybridized carbons (Fsp3) is 0.625. The summed E-state index contributed by atoms with van der Waals surface area (Å²) in [5.74, 6) is 1.13. The third kappa shape index (κ3) is 3.77. The number of amides is 1. The second-order valence-electron chi connectivity index (χ2n) is 6.10. The molecule has 126 valence electrons. The molecule has 0 spiro atoms. The largest absolute Gasteiger partial charge is 0.485 e. The minimum Gasteiger partial charge on any atom is -0.485 e. The lowest BCUT2D eigenvalue weighted by atomic mass is 9.92. The Labute approximate surface area is 134 Å². The van der Waals surface area contributed by atoms with Crippen LogP contribution < -0.4 is 10.1 Å². The van der Waals surface area contributed by atoms with Gasteiger partial charge < -0.3 is 15.0 Å². The average Bonchev–Trinajstić information content (AvgIpc) is 2.91. The number of hydrogen-bond donors (Lipinski definition) is 1. The van der Waals surface area contributed by atoms with Crippen LogP contribution in [0.1, 0.15) is 23.3 Å². The van der Waals surface area contributed by atoms with E-state index in [0.717, 1.165) is 25.9 Å². The fourth-order valence-electron chi connectivity index (χ4n) is 3.39. The Balaban J connectivity index is 1.70. The Morgan fingerprint density at radius 1 is 1.35 bits per heavy atom. The van der Waals surface area contributed by atoms with Gasteiger partial charge in [-0.3, -0.25) is 4.79 Å². The zero-order valence-electron chi connectivity index (χ0n) is 12.9. The molecule has 0 unspecified atom stereocenters. The van der Waals surface area contributed by atoms with Gasteiger partial charge in [0.05, 0.1) is 0 Å². The van der Waals surface area contributed by atoms with E-state index in [2.05, 4.69) is 10.3 Å². The number of hydrogen-bond acceptors (Lipinski definition) is 4. The molecule has 0 radical (unpaired) electrons. The number of nitrogens with one attached hydrogen (secondary N) is 1. The van der Waals surface area contributed by atoms with Crippen LogP contribution >= 0.6 is 0 Å². The first-order chi connectivity index (χ1) is 11.1. The minimum absolute atomic E-state index is 0.123. The molecule has 0 aliphatic carbocycles. The van der Waals surface area contributed by atoms with Crippen molar-refractivity contribution < 1.29 is 18.3 Å². The van der Waals surface area contributed by atoms with Crippen molar-refractivity contribution in [1.82, 2.24) is 15.2 Å². The predicted octanol–water partition coefficient (Wildman–Crippen LogP) is 1.80. The summed E-state index contributed by atoms with van der Waals surface area (Å²) < 4.78 is 29.7. The summed E-state index contributed by atoms with van der Waals surface area (Å²) in [5.41, 5.74) is 0.123. The third-order valence-corrected chi connectivity index (χ3v) is 4.64. The summed E-state index contributed by atoms with van der Waals surface area (Å²) >= 11 is 0. The summed E-state index contributed by atoms with van der Waals surface area (Å²) in [6.07, 6.45) is 0.828. The first kappa shape index (κ1) is 16.1. The van der Waals surface area contributed by atoms with Gasteiger partial charge in [-0.2, -0.15) is 0 Å². The van der Waals surface area contributed by atoms with Gasteiger partial charge in [-0.25, -0.2) is 13.8 Å². The molecule has 0 saturated carbocycles. The summed E-state index contributed by atoms with van der Waals surface area (Å²) in [7, 11) is 0. The highest BCUT2D eigenvalue weighted by atomic mass is 19.3. The van der Waals surface area contributed by atoms with Gasteiger partial charge in [-0.05, 0) is 49.9 Å². The molecule has 2 aliphatic heterocycles. The van der Waals surface area contributed by atoms with Gasteiger partial charge in [0.25, 0.3) is 12.3 Å². The van der Waals surface area contributed by atoms with E-state index in [1.54, 1.807) is 11.0 Å². The van der Waals surface area contributed by atoms with E-state index < -0.39 is 13.0 Å². The maximum absolute atomic E-state index is 12.7. The van der Waals surface area contributed by atoms with Crippen molar-refractivity contribution in [3.05, 3.63) is 24.0 Å². The molecule has 1 aromatic rings. The van der Waals surface area contributed by atoms with E-state index >= 15 is 0 Å². The first-order valence-corrected chi connectivity index (χ1v) is 8.01. The predicted molar refractivity (Wildman–Crippen MR) is 80.7 cm³/mol. The van der Waals surface area contributed by atoms with E-state index in [9.17, 15) is 13.6 Å². The van der Waals surface area contributed by atoms with Gasteiger partial charge in [-0.15, -0.1) is 0 Å². The topological polar surface area (TPSA) is 54.5 Å². The molecule has 7 heteroatoms. The number of halogens is 2. The molecule has 5 nitrogen and oxygen atoms in total. The second-order valence-corrected chi connectivity index (χ2v) is 6.10. The fourth-order valence-corrected chi connectivity index (χ4v) is 3.39. The number of pyridine rings is 1. The molecule has 1 amide bonds. The summed E-state index contributed by atoms with van der Waals surface area (Å²) in [5, 5.41) is 3.40. The molecule has 2 saturated heterocycles. The molecule has 2 aliphatic rings. The average molecular weight is 325 g/mol. The molecule has 0 aromatic carbocycles. The molecular weight excluding hydrogens is 304 g/mol. The standard InChI is InChI=1S/C16H21F2N3O2/c17-14(18)10-23-13-2-1-5-20-15(13)16(22)21-6-3-11-8-19-9-12(11)4-7-21/h1-2,5,11-12,14,19H,3-4,6-10H2/t11-,12+. The van der Waals surface area contributed by atoms with Gasteiger partial charge in [0.15, 0.2) is 11.4 Å². The van der Waals surface area contributed by atoms with Crippen LogP contribution in [0.2, 0.25) is 0 Å². The second kappa shape index (κ2) is 7.21. The summed E-state index contributed by atoms with van der Waals surface area (Å²) in [6, 6.07) is 3.09. The van der Waals surface area contributed by atoms with E-state index in [0.29, 0.717) is 24.9 Å². The van der Waals surface area contributed by atoms with Gasteiger partial charge >= 0.3 is 0 Å². The Morgan fingerprint density at radius 2 is 2.04 bits per heavy atom. The molecule has 0 bridgehead atoms. The Kier molecular flexibility index (Phi) is 5.05. The van der Waals surface area contributed by atoms with E-state index in [4.69, 9.17) is 4.74 Å². The highest BCUT2D eigenvalue weighted by Crippen LogP contribution is 2.28. The minimum atomic E-state index is -2.58. The summed E-state index contributed by atoms with van der Waals surface area (Å²) in [4.78, 5) is 18.6. The van der Waals surface area contributed by atoms with Crippen LogP contribution in [0, 0.1) is 11.8 Å². The lowest BCUT2D eigenvalue weighted by Crippen LogP contribution is -2.33. The number of likely N-dealkylation sites (tertiary alicyclic amines) is 1. The van der Waals surface area contributed by atoms with E-state index in [-0.39, 0.29) is 17.4 Å². The maximum atomic E-state index is 12.7. The number of aromatic nitrogens is 1. The molecule has 1 aromatic heterocycles. The lowest BCUT2D eigenvalue weighted by Gasteiger charge is -2.21. The van der Waals surface area contributed by atoms with E-state index in [1.807, 2.05) is 0 Å². The van der Waals surface area contributed by atoms with Crippen molar-refractivity contribution in [3.63, 3.8) is 0 Å². The van der Waals surface area contributed by atoms with Crippen molar-refractivity contribution in [3.8, 4) is 5.75 Å². The van der Waals surface area contributed by atoms with Crippen molar-refractivity contribution in [1.29, 1.82) is 0 Å². The van der Waals surface area contributed by atoms with Crippen LogP contribution in [-0.4, -0.2) is 55.0 Å². The molecule has 3 rings (SSSR count). The Hall–Kier alpha value is -1.76. The molecule has 2 atom stereocenters. The molecular formula is C16H21F2N3O2. The third-order valence-electron chi connectivity index (χ3n) is 4.64. The van der Waals surface area contributed by atoms with Crippen LogP contribution in [0.5, 0.6) is 5.75 Å². The van der Waals surface area contributed by atoms with Crippen LogP contribution in [0.25, 0.3) is 0 Å². The number of carbonyl (C=O) groups is 1. The molecule has 23 heavy (non-hydrogen) atoms. The number of ether oxygens (including phenoxy) is 1. The highest BCUT2D eigenvalue weighted by molar-refractivity contribution is 5.94. The number of nitrogens with zero attached hydrogens (tertiary/aromatic N) is 2. The van der Waals surface area contributed by atoms with Crippen molar-refractivity contribution in [2.45, 2.75) is 19.3 Å². The molecule has 3 heterocycles. The monoisotopic (exact) mass is 325 g/mol. The molecule has 2 fully saturated rings. The van der Waals surface area contributed by atoms with Gasteiger partial charge in [0.2, 0.25) is 0 Å². The van der Waals surface area contributed by atoms with Gasteiger partial charge in [0, 0.05) is 19.3 Å². The Morgan fingerprint density at radius 3 is 2.70 bits per heavy atom. The Bertz CT molecular complexity index is 542. The quantitative estimate of drug-likeness (QED) is 0.917. The molecule has 1 N–H and O–H groups in total. The SMILES string of the molecule is O=C(c1ncccc1OCC(F)F)N1CC[C@@H]2CNC[C@@H]2CC1. The zero-order valence-corrected chi connectivity index (χ0v) is 12.9. The van der Waals surface area contributed by atoms with Gasteiger partial charge in [-0.1, -0.05) is 0 Å². The highest BCUT2D eigenvalue weighted by Gasteiger charge is 2.32. The van der Waals surface area contributed by atoms with Crippen LogP contribution in [0.3, 0.4) is 0 Å². The first-order valence-electron chi connectivity index (χ1n) is 8.01. The normalized spacial score (nSPS) is 24.4.